The Kier molecular flexibility index (Phi) is 4.98. The highest BCUT2D eigenvalue weighted by atomic mass is 19.1. The first kappa shape index (κ1) is 15.6. The van der Waals surface area contributed by atoms with Gasteiger partial charge in [0.15, 0.2) is 0 Å². The molecular formula is C18H20FN3O. The second kappa shape index (κ2) is 7.33. The van der Waals surface area contributed by atoms with Gasteiger partial charge in [0.2, 0.25) is 0 Å². The summed E-state index contributed by atoms with van der Waals surface area (Å²) >= 11 is 0. The van der Waals surface area contributed by atoms with Crippen molar-refractivity contribution in [1.29, 1.82) is 0 Å². The summed E-state index contributed by atoms with van der Waals surface area (Å²) < 4.78 is 13.0. The number of piperidine rings is 1. The van der Waals surface area contributed by atoms with Crippen LogP contribution in [0.25, 0.3) is 0 Å². The van der Waals surface area contributed by atoms with Crippen LogP contribution in [-0.4, -0.2) is 24.0 Å². The average Bonchev–Trinajstić information content (AvgIpc) is 2.60. The van der Waals surface area contributed by atoms with E-state index >= 15 is 0 Å². The van der Waals surface area contributed by atoms with Crippen LogP contribution in [0, 0.1) is 10.7 Å². The zero-order valence-electron chi connectivity index (χ0n) is 12.9. The molecule has 0 N–H and O–H groups in total. The van der Waals surface area contributed by atoms with E-state index in [0.717, 1.165) is 32.5 Å². The molecule has 0 saturated carbocycles. The van der Waals surface area contributed by atoms with Crippen LogP contribution >= 0.6 is 0 Å². The van der Waals surface area contributed by atoms with Gasteiger partial charge in [0, 0.05) is 19.6 Å². The van der Waals surface area contributed by atoms with Gasteiger partial charge in [-0.2, -0.15) is 0 Å². The number of likely N-dealkylation sites (tertiary alicyclic amines) is 1. The number of nitrogens with zero attached hydrogens (tertiary/aromatic N) is 3. The second-order valence-electron chi connectivity index (χ2n) is 5.90. The molecule has 23 heavy (non-hydrogen) atoms. The molecule has 0 aliphatic carbocycles. The summed E-state index contributed by atoms with van der Waals surface area (Å²) in [7, 11) is 0. The molecule has 0 unspecified atom stereocenters. The molecule has 0 aromatic heterocycles. The van der Waals surface area contributed by atoms with E-state index in [1.165, 1.54) is 22.7 Å². The van der Waals surface area contributed by atoms with E-state index in [-0.39, 0.29) is 11.9 Å². The van der Waals surface area contributed by atoms with E-state index < -0.39 is 0 Å². The fraction of sp³-hybridized carbons (Fsp3) is 0.333. The number of halogens is 1. The normalized spacial score (nSPS) is 16.2. The lowest BCUT2D eigenvalue weighted by molar-refractivity contribution is 0.201. The lowest BCUT2D eigenvalue weighted by Crippen LogP contribution is -2.42. The third-order valence-corrected chi connectivity index (χ3v) is 4.33. The van der Waals surface area contributed by atoms with E-state index in [4.69, 9.17) is 0 Å². The smallest absolute Gasteiger partial charge is 0.123 e. The maximum absolute atomic E-state index is 13.0. The monoisotopic (exact) mass is 313 g/mol. The molecule has 5 heteroatoms. The first-order valence-corrected chi connectivity index (χ1v) is 7.90. The fourth-order valence-electron chi connectivity index (χ4n) is 3.08. The lowest BCUT2D eigenvalue weighted by Gasteiger charge is -2.35. The van der Waals surface area contributed by atoms with Crippen molar-refractivity contribution >= 4 is 5.69 Å². The Labute approximate surface area is 135 Å². The van der Waals surface area contributed by atoms with Crippen LogP contribution < -0.4 is 5.01 Å². The van der Waals surface area contributed by atoms with Gasteiger partial charge in [-0.25, -0.2) is 9.40 Å². The molecule has 0 spiro atoms. The summed E-state index contributed by atoms with van der Waals surface area (Å²) in [6.45, 7) is 2.78. The molecule has 2 aromatic carbocycles. The van der Waals surface area contributed by atoms with Gasteiger partial charge in [0.05, 0.1) is 17.0 Å². The molecule has 0 amide bonds. The highest BCUT2D eigenvalue weighted by molar-refractivity contribution is 5.46. The van der Waals surface area contributed by atoms with Gasteiger partial charge >= 0.3 is 0 Å². The van der Waals surface area contributed by atoms with E-state index in [2.05, 4.69) is 34.5 Å². The number of anilines is 1. The summed E-state index contributed by atoms with van der Waals surface area (Å²) in [4.78, 5) is 13.6. The van der Waals surface area contributed by atoms with Crippen LogP contribution in [0.4, 0.5) is 10.1 Å². The van der Waals surface area contributed by atoms with Gasteiger partial charge < -0.3 is 0 Å². The van der Waals surface area contributed by atoms with Crippen LogP contribution in [0.1, 0.15) is 18.4 Å². The Morgan fingerprint density at radius 3 is 2.30 bits per heavy atom. The molecular weight excluding hydrogens is 293 g/mol. The molecule has 120 valence electrons. The van der Waals surface area contributed by atoms with Crippen molar-refractivity contribution in [2.24, 2.45) is 5.29 Å². The van der Waals surface area contributed by atoms with Crippen molar-refractivity contribution in [3.63, 3.8) is 0 Å². The topological polar surface area (TPSA) is 35.9 Å². The molecule has 0 atom stereocenters. The van der Waals surface area contributed by atoms with Gasteiger partial charge in [-0.3, -0.25) is 4.90 Å². The molecule has 1 heterocycles. The van der Waals surface area contributed by atoms with Crippen LogP contribution in [-0.2, 0) is 6.54 Å². The minimum atomic E-state index is -0.308. The average molecular weight is 313 g/mol. The van der Waals surface area contributed by atoms with Gasteiger partial charge in [0.25, 0.3) is 0 Å². The Hall–Kier alpha value is -2.27. The molecule has 0 bridgehead atoms. The Bertz CT molecular complexity index is 624. The molecule has 1 saturated heterocycles. The standard InChI is InChI=1S/C18H20FN3O/c19-16-6-8-17(9-7-16)22(20-23)18-10-12-21(13-11-18)14-15-4-2-1-3-5-15/h1-9,18H,10-14H2. The van der Waals surface area contributed by atoms with Crippen molar-refractivity contribution in [3.05, 3.63) is 70.9 Å². The third kappa shape index (κ3) is 3.93. The minimum absolute atomic E-state index is 0.0741. The number of hydrogen-bond donors (Lipinski definition) is 0. The Morgan fingerprint density at radius 2 is 1.70 bits per heavy atom. The van der Waals surface area contributed by atoms with E-state index in [1.807, 2.05) is 6.07 Å². The van der Waals surface area contributed by atoms with Crippen molar-refractivity contribution in [2.45, 2.75) is 25.4 Å². The first-order chi connectivity index (χ1) is 11.3. The van der Waals surface area contributed by atoms with Crippen molar-refractivity contribution in [1.82, 2.24) is 4.90 Å². The Balaban J connectivity index is 1.59. The first-order valence-electron chi connectivity index (χ1n) is 7.90. The van der Waals surface area contributed by atoms with Crippen molar-refractivity contribution < 1.29 is 4.39 Å². The maximum Gasteiger partial charge on any atom is 0.123 e. The highest BCUT2D eigenvalue weighted by Gasteiger charge is 2.25. The highest BCUT2D eigenvalue weighted by Crippen LogP contribution is 2.25. The molecule has 1 fully saturated rings. The largest absolute Gasteiger partial charge is 0.299 e. The minimum Gasteiger partial charge on any atom is -0.299 e. The number of nitroso groups, excluding NO2 is 1. The summed E-state index contributed by atoms with van der Waals surface area (Å²) in [5.41, 5.74) is 1.96. The second-order valence-corrected chi connectivity index (χ2v) is 5.90. The van der Waals surface area contributed by atoms with Gasteiger partial charge in [-0.1, -0.05) is 30.3 Å². The van der Waals surface area contributed by atoms with Crippen LogP contribution in [0.5, 0.6) is 0 Å². The molecule has 1 aliphatic rings. The van der Waals surface area contributed by atoms with E-state index in [1.54, 1.807) is 12.1 Å². The third-order valence-electron chi connectivity index (χ3n) is 4.33. The Morgan fingerprint density at radius 1 is 1.04 bits per heavy atom. The summed E-state index contributed by atoms with van der Waals surface area (Å²) in [5, 5.41) is 4.65. The maximum atomic E-state index is 13.0. The predicted molar refractivity (Wildman–Crippen MR) is 89.4 cm³/mol. The molecule has 4 nitrogen and oxygen atoms in total. The van der Waals surface area contributed by atoms with Gasteiger partial charge in [0.1, 0.15) is 5.82 Å². The van der Waals surface area contributed by atoms with Crippen LogP contribution in [0.15, 0.2) is 59.9 Å². The predicted octanol–water partition coefficient (Wildman–Crippen LogP) is 3.98. The summed E-state index contributed by atoms with van der Waals surface area (Å²) in [6, 6.07) is 16.4. The fourth-order valence-corrected chi connectivity index (χ4v) is 3.08. The molecule has 3 rings (SSSR count). The van der Waals surface area contributed by atoms with Gasteiger partial charge in [-0.15, -0.1) is 4.91 Å². The van der Waals surface area contributed by atoms with Crippen LogP contribution in [0.2, 0.25) is 0 Å². The summed E-state index contributed by atoms with van der Waals surface area (Å²) in [5.74, 6) is -0.308. The lowest BCUT2D eigenvalue weighted by atomic mass is 10.0. The van der Waals surface area contributed by atoms with E-state index in [0.29, 0.717) is 5.69 Å². The number of hydrogen-bond acceptors (Lipinski definition) is 3. The zero-order chi connectivity index (χ0) is 16.1. The SMILES string of the molecule is O=NN(c1ccc(F)cc1)C1CCN(Cc2ccccc2)CC1. The zero-order valence-corrected chi connectivity index (χ0v) is 12.9. The van der Waals surface area contributed by atoms with Crippen LogP contribution in [0.3, 0.4) is 0 Å². The number of rotatable bonds is 5. The van der Waals surface area contributed by atoms with Crippen molar-refractivity contribution in [3.8, 4) is 0 Å². The number of benzene rings is 2. The van der Waals surface area contributed by atoms with Gasteiger partial charge in [-0.05, 0) is 42.7 Å². The van der Waals surface area contributed by atoms with Crippen molar-refractivity contribution in [2.75, 3.05) is 18.1 Å². The summed E-state index contributed by atoms with van der Waals surface area (Å²) in [6.07, 6.45) is 1.74. The molecule has 1 aliphatic heterocycles. The molecule has 2 aromatic rings. The quantitative estimate of drug-likeness (QED) is 0.619. The van der Waals surface area contributed by atoms with E-state index in [9.17, 15) is 9.30 Å². The molecule has 0 radical (unpaired) electrons.